The molecule has 0 bridgehead atoms. The molecule has 0 aliphatic heterocycles. The fourth-order valence-corrected chi connectivity index (χ4v) is 1.66. The summed E-state index contributed by atoms with van der Waals surface area (Å²) in [5, 5.41) is 19.1. The Bertz CT molecular complexity index is 373. The molecule has 0 radical (unpaired) electrons. The smallest absolute Gasteiger partial charge is 0.168 e. The quantitative estimate of drug-likeness (QED) is 0.833. The number of methoxy groups -OCH3 is 1. The predicted octanol–water partition coefficient (Wildman–Crippen LogP) is 1.76. The van der Waals surface area contributed by atoms with Gasteiger partial charge >= 0.3 is 0 Å². The minimum absolute atomic E-state index is 0.0788. The van der Waals surface area contributed by atoms with Crippen LogP contribution in [0.5, 0.6) is 5.75 Å². The van der Waals surface area contributed by atoms with E-state index in [1.165, 1.54) is 7.11 Å². The summed E-state index contributed by atoms with van der Waals surface area (Å²) in [5.74, 6) is -2.03. The molecule has 2 unspecified atom stereocenters. The molecule has 0 fully saturated rings. The number of halogens is 3. The molecule has 90 valence electrons. The van der Waals surface area contributed by atoms with Gasteiger partial charge in [0.05, 0.1) is 13.2 Å². The summed E-state index contributed by atoms with van der Waals surface area (Å²) in [6.45, 7) is 0. The average Bonchev–Trinajstić information content (AvgIpc) is 2.26. The zero-order valence-electron chi connectivity index (χ0n) is 8.45. The van der Waals surface area contributed by atoms with Crippen LogP contribution in [-0.4, -0.2) is 28.8 Å². The Kier molecular flexibility index (Phi) is 4.64. The van der Waals surface area contributed by atoms with E-state index in [0.717, 1.165) is 6.07 Å². The third kappa shape index (κ3) is 2.69. The van der Waals surface area contributed by atoms with Gasteiger partial charge in [0, 0.05) is 17.0 Å². The highest BCUT2D eigenvalue weighted by Crippen LogP contribution is 2.31. The lowest BCUT2D eigenvalue weighted by atomic mass is 10.0. The Morgan fingerprint density at radius 2 is 2.00 bits per heavy atom. The van der Waals surface area contributed by atoms with Crippen LogP contribution in [0.3, 0.4) is 0 Å². The second-order valence-electron chi connectivity index (χ2n) is 3.18. The molecule has 0 saturated carbocycles. The number of rotatable bonds is 4. The molecule has 0 aromatic heterocycles. The van der Waals surface area contributed by atoms with Crippen LogP contribution >= 0.6 is 15.9 Å². The maximum absolute atomic E-state index is 13.3. The first-order valence-corrected chi connectivity index (χ1v) is 5.58. The van der Waals surface area contributed by atoms with Gasteiger partial charge in [-0.1, -0.05) is 15.9 Å². The first-order chi connectivity index (χ1) is 7.51. The van der Waals surface area contributed by atoms with E-state index in [-0.39, 0.29) is 16.6 Å². The van der Waals surface area contributed by atoms with Crippen molar-refractivity contribution in [1.82, 2.24) is 0 Å². The molecule has 1 aromatic carbocycles. The molecule has 6 heteroatoms. The SMILES string of the molecule is COc1c(F)cc(F)cc1C(O)C(O)CBr. The summed E-state index contributed by atoms with van der Waals surface area (Å²) in [4.78, 5) is 0. The number of aliphatic hydroxyl groups is 2. The lowest BCUT2D eigenvalue weighted by Gasteiger charge is -2.18. The normalized spacial score (nSPS) is 14.6. The number of hydrogen-bond acceptors (Lipinski definition) is 3. The van der Waals surface area contributed by atoms with Crippen molar-refractivity contribution >= 4 is 15.9 Å². The summed E-state index contributed by atoms with van der Waals surface area (Å²) in [6, 6.07) is 1.58. The predicted molar refractivity (Wildman–Crippen MR) is 57.7 cm³/mol. The van der Waals surface area contributed by atoms with Gasteiger partial charge in [-0.15, -0.1) is 0 Å². The number of benzene rings is 1. The number of aliphatic hydroxyl groups excluding tert-OH is 2. The van der Waals surface area contributed by atoms with E-state index in [1.54, 1.807) is 0 Å². The first kappa shape index (κ1) is 13.3. The van der Waals surface area contributed by atoms with Crippen molar-refractivity contribution in [2.45, 2.75) is 12.2 Å². The van der Waals surface area contributed by atoms with Gasteiger partial charge < -0.3 is 14.9 Å². The number of alkyl halides is 1. The third-order valence-corrected chi connectivity index (χ3v) is 2.75. The fraction of sp³-hybridized carbons (Fsp3) is 0.400. The van der Waals surface area contributed by atoms with E-state index in [0.29, 0.717) is 6.07 Å². The third-order valence-electron chi connectivity index (χ3n) is 2.08. The maximum Gasteiger partial charge on any atom is 0.168 e. The number of hydrogen-bond donors (Lipinski definition) is 2. The van der Waals surface area contributed by atoms with E-state index >= 15 is 0 Å². The van der Waals surface area contributed by atoms with E-state index in [2.05, 4.69) is 15.9 Å². The molecule has 0 heterocycles. The van der Waals surface area contributed by atoms with Gasteiger partial charge in [-0.05, 0) is 6.07 Å². The average molecular weight is 297 g/mol. The summed E-state index contributed by atoms with van der Waals surface area (Å²) < 4.78 is 31.0. The molecule has 0 aliphatic carbocycles. The summed E-state index contributed by atoms with van der Waals surface area (Å²) in [6.07, 6.45) is -2.59. The van der Waals surface area contributed by atoms with Crippen molar-refractivity contribution < 1.29 is 23.7 Å². The second kappa shape index (κ2) is 5.56. The Labute approximate surface area is 99.8 Å². The Hall–Kier alpha value is -0.720. The molecule has 3 nitrogen and oxygen atoms in total. The monoisotopic (exact) mass is 296 g/mol. The van der Waals surface area contributed by atoms with Crippen LogP contribution in [0, 0.1) is 11.6 Å². The van der Waals surface area contributed by atoms with Crippen molar-refractivity contribution in [2.24, 2.45) is 0 Å². The summed E-state index contributed by atoms with van der Waals surface area (Å²) >= 11 is 2.96. The molecule has 0 saturated heterocycles. The van der Waals surface area contributed by atoms with Crippen LogP contribution in [0.4, 0.5) is 8.78 Å². The molecule has 1 rings (SSSR count). The van der Waals surface area contributed by atoms with Gasteiger partial charge in [0.1, 0.15) is 11.9 Å². The Balaban J connectivity index is 3.20. The van der Waals surface area contributed by atoms with Crippen LogP contribution in [0.2, 0.25) is 0 Å². The molecule has 2 N–H and O–H groups in total. The second-order valence-corrected chi connectivity index (χ2v) is 3.82. The highest BCUT2D eigenvalue weighted by Gasteiger charge is 2.24. The molecule has 16 heavy (non-hydrogen) atoms. The summed E-state index contributed by atoms with van der Waals surface area (Å²) in [5.41, 5.74) is -0.119. The zero-order chi connectivity index (χ0) is 12.3. The van der Waals surface area contributed by atoms with Gasteiger partial charge in [0.15, 0.2) is 11.6 Å². The fourth-order valence-electron chi connectivity index (χ4n) is 1.31. The van der Waals surface area contributed by atoms with Gasteiger partial charge in [-0.3, -0.25) is 0 Å². The molecule has 1 aromatic rings. The Morgan fingerprint density at radius 1 is 1.38 bits per heavy atom. The van der Waals surface area contributed by atoms with Crippen molar-refractivity contribution in [2.75, 3.05) is 12.4 Å². The molecule has 0 amide bonds. The minimum atomic E-state index is -1.42. The van der Waals surface area contributed by atoms with Crippen molar-refractivity contribution in [3.63, 3.8) is 0 Å². The standard InChI is InChI=1S/C10H11BrF2O3/c1-16-10-6(9(15)8(14)4-11)2-5(12)3-7(10)13/h2-3,8-9,14-15H,4H2,1H3. The topological polar surface area (TPSA) is 49.7 Å². The van der Waals surface area contributed by atoms with E-state index < -0.39 is 23.8 Å². The van der Waals surface area contributed by atoms with E-state index in [9.17, 15) is 19.0 Å². The molecular formula is C10H11BrF2O3. The molecule has 2 atom stereocenters. The lowest BCUT2D eigenvalue weighted by molar-refractivity contribution is 0.0322. The van der Waals surface area contributed by atoms with Crippen LogP contribution in [-0.2, 0) is 0 Å². The number of ether oxygens (including phenoxy) is 1. The van der Waals surface area contributed by atoms with Crippen LogP contribution in [0.25, 0.3) is 0 Å². The van der Waals surface area contributed by atoms with E-state index in [1.807, 2.05) is 0 Å². The van der Waals surface area contributed by atoms with Crippen LogP contribution in [0.15, 0.2) is 12.1 Å². The highest BCUT2D eigenvalue weighted by molar-refractivity contribution is 9.09. The zero-order valence-corrected chi connectivity index (χ0v) is 10.0. The molecule has 0 aliphatic rings. The van der Waals surface area contributed by atoms with Gasteiger partial charge in [-0.2, -0.15) is 0 Å². The lowest BCUT2D eigenvalue weighted by Crippen LogP contribution is -2.20. The minimum Gasteiger partial charge on any atom is -0.493 e. The van der Waals surface area contributed by atoms with E-state index in [4.69, 9.17) is 4.74 Å². The van der Waals surface area contributed by atoms with Crippen LogP contribution in [0.1, 0.15) is 11.7 Å². The van der Waals surface area contributed by atoms with Crippen LogP contribution < -0.4 is 4.74 Å². The van der Waals surface area contributed by atoms with Gasteiger partial charge in [-0.25, -0.2) is 8.78 Å². The molecule has 0 spiro atoms. The summed E-state index contributed by atoms with van der Waals surface area (Å²) in [7, 11) is 1.20. The largest absolute Gasteiger partial charge is 0.493 e. The van der Waals surface area contributed by atoms with Crippen molar-refractivity contribution in [3.05, 3.63) is 29.3 Å². The maximum atomic E-state index is 13.3. The van der Waals surface area contributed by atoms with Gasteiger partial charge in [0.25, 0.3) is 0 Å². The van der Waals surface area contributed by atoms with Crippen molar-refractivity contribution in [3.8, 4) is 5.75 Å². The van der Waals surface area contributed by atoms with Crippen molar-refractivity contribution in [1.29, 1.82) is 0 Å². The van der Waals surface area contributed by atoms with Gasteiger partial charge in [0.2, 0.25) is 0 Å². The highest BCUT2D eigenvalue weighted by atomic mass is 79.9. The Morgan fingerprint density at radius 3 is 2.50 bits per heavy atom. The molecular weight excluding hydrogens is 286 g/mol. The first-order valence-electron chi connectivity index (χ1n) is 4.46.